The SMILES string of the molecule is CCn1nc(C(=O)N2CCOCC2)c2ccccc2c1=O. The lowest BCUT2D eigenvalue weighted by Gasteiger charge is -2.26. The largest absolute Gasteiger partial charge is 0.378 e. The number of ether oxygens (including phenoxy) is 1. The lowest BCUT2D eigenvalue weighted by atomic mass is 10.1. The maximum atomic E-state index is 12.7. The number of nitrogens with zero attached hydrogens (tertiary/aromatic N) is 3. The third-order valence-electron chi connectivity index (χ3n) is 3.67. The lowest BCUT2D eigenvalue weighted by Crippen LogP contribution is -2.42. The van der Waals surface area contributed by atoms with Crippen LogP contribution >= 0.6 is 0 Å². The molecule has 3 rings (SSSR count). The average Bonchev–Trinajstić information content (AvgIpc) is 2.56. The number of morpholine rings is 1. The monoisotopic (exact) mass is 287 g/mol. The minimum atomic E-state index is -0.161. The van der Waals surface area contributed by atoms with Gasteiger partial charge in [0.15, 0.2) is 5.69 Å². The number of benzene rings is 1. The first-order chi connectivity index (χ1) is 10.2. The third kappa shape index (κ3) is 2.42. The molecule has 0 saturated carbocycles. The predicted molar refractivity (Wildman–Crippen MR) is 78.4 cm³/mol. The van der Waals surface area contributed by atoms with Gasteiger partial charge in [0.05, 0.1) is 18.6 Å². The number of rotatable bonds is 2. The molecule has 1 aromatic heterocycles. The molecule has 0 radical (unpaired) electrons. The van der Waals surface area contributed by atoms with Gasteiger partial charge in [-0.2, -0.15) is 5.10 Å². The van der Waals surface area contributed by atoms with Crippen LogP contribution in [0.15, 0.2) is 29.1 Å². The molecular weight excluding hydrogens is 270 g/mol. The summed E-state index contributed by atoms with van der Waals surface area (Å²) in [5, 5.41) is 5.41. The summed E-state index contributed by atoms with van der Waals surface area (Å²) in [7, 11) is 0. The summed E-state index contributed by atoms with van der Waals surface area (Å²) in [5.74, 6) is -0.142. The van der Waals surface area contributed by atoms with Crippen molar-refractivity contribution in [3.63, 3.8) is 0 Å². The Balaban J connectivity index is 2.15. The van der Waals surface area contributed by atoms with E-state index in [1.54, 1.807) is 23.1 Å². The molecule has 0 atom stereocenters. The summed E-state index contributed by atoms with van der Waals surface area (Å²) < 4.78 is 6.61. The zero-order chi connectivity index (χ0) is 14.8. The van der Waals surface area contributed by atoms with Crippen molar-refractivity contribution in [3.05, 3.63) is 40.3 Å². The number of carbonyl (C=O) groups excluding carboxylic acids is 1. The van der Waals surface area contributed by atoms with Crippen LogP contribution in [0.5, 0.6) is 0 Å². The maximum Gasteiger partial charge on any atom is 0.275 e. The lowest BCUT2D eigenvalue weighted by molar-refractivity contribution is 0.0299. The molecule has 110 valence electrons. The van der Waals surface area contributed by atoms with E-state index in [-0.39, 0.29) is 11.5 Å². The smallest absolute Gasteiger partial charge is 0.275 e. The maximum absolute atomic E-state index is 12.7. The molecule has 1 aliphatic heterocycles. The van der Waals surface area contributed by atoms with Gasteiger partial charge in [-0.15, -0.1) is 0 Å². The zero-order valence-electron chi connectivity index (χ0n) is 11.9. The molecule has 1 fully saturated rings. The molecule has 6 nitrogen and oxygen atoms in total. The van der Waals surface area contributed by atoms with E-state index in [9.17, 15) is 9.59 Å². The van der Waals surface area contributed by atoms with Crippen molar-refractivity contribution in [2.24, 2.45) is 0 Å². The molecule has 1 aliphatic rings. The highest BCUT2D eigenvalue weighted by Crippen LogP contribution is 2.16. The summed E-state index contributed by atoms with van der Waals surface area (Å²) in [6.45, 7) is 4.47. The molecule has 1 amide bonds. The predicted octanol–water partition coefficient (Wildman–Crippen LogP) is 0.889. The first kappa shape index (κ1) is 13.8. The second kappa shape index (κ2) is 5.65. The van der Waals surface area contributed by atoms with Gasteiger partial charge >= 0.3 is 0 Å². The van der Waals surface area contributed by atoms with Crippen LogP contribution in [0.3, 0.4) is 0 Å². The summed E-state index contributed by atoms with van der Waals surface area (Å²) >= 11 is 0. The highest BCUT2D eigenvalue weighted by Gasteiger charge is 2.23. The van der Waals surface area contributed by atoms with Crippen molar-refractivity contribution in [2.45, 2.75) is 13.5 Å². The van der Waals surface area contributed by atoms with Gasteiger partial charge in [0, 0.05) is 25.0 Å². The van der Waals surface area contributed by atoms with E-state index in [4.69, 9.17) is 4.74 Å². The number of hydrogen-bond acceptors (Lipinski definition) is 4. The van der Waals surface area contributed by atoms with Crippen LogP contribution in [0.1, 0.15) is 17.4 Å². The molecule has 2 heterocycles. The Morgan fingerprint density at radius 1 is 1.24 bits per heavy atom. The average molecular weight is 287 g/mol. The Morgan fingerprint density at radius 3 is 2.57 bits per heavy atom. The minimum absolute atomic E-state index is 0.142. The fourth-order valence-corrected chi connectivity index (χ4v) is 2.52. The van der Waals surface area contributed by atoms with Gasteiger partial charge in [0.2, 0.25) is 0 Å². The van der Waals surface area contributed by atoms with Gasteiger partial charge in [-0.3, -0.25) is 9.59 Å². The van der Waals surface area contributed by atoms with Crippen molar-refractivity contribution in [3.8, 4) is 0 Å². The van der Waals surface area contributed by atoms with Crippen LogP contribution in [0.25, 0.3) is 10.8 Å². The third-order valence-corrected chi connectivity index (χ3v) is 3.67. The van der Waals surface area contributed by atoms with E-state index < -0.39 is 0 Å². The molecule has 0 spiro atoms. The van der Waals surface area contributed by atoms with Gasteiger partial charge in [-0.05, 0) is 13.0 Å². The first-order valence-corrected chi connectivity index (χ1v) is 7.09. The van der Waals surface area contributed by atoms with Crippen LogP contribution in [0.4, 0.5) is 0 Å². The van der Waals surface area contributed by atoms with E-state index in [0.717, 1.165) is 0 Å². The fourth-order valence-electron chi connectivity index (χ4n) is 2.52. The van der Waals surface area contributed by atoms with Crippen molar-refractivity contribution < 1.29 is 9.53 Å². The topological polar surface area (TPSA) is 64.4 Å². The molecular formula is C15H17N3O3. The van der Waals surface area contributed by atoms with Crippen LogP contribution in [0, 0.1) is 0 Å². The van der Waals surface area contributed by atoms with Gasteiger partial charge in [-0.25, -0.2) is 4.68 Å². The number of aromatic nitrogens is 2. The summed E-state index contributed by atoms with van der Waals surface area (Å²) in [5.41, 5.74) is 0.181. The van der Waals surface area contributed by atoms with Crippen molar-refractivity contribution in [2.75, 3.05) is 26.3 Å². The summed E-state index contributed by atoms with van der Waals surface area (Å²) in [4.78, 5) is 26.7. The highest BCUT2D eigenvalue weighted by molar-refractivity contribution is 6.04. The number of carbonyl (C=O) groups is 1. The van der Waals surface area contributed by atoms with Gasteiger partial charge < -0.3 is 9.64 Å². The fraction of sp³-hybridized carbons (Fsp3) is 0.400. The molecule has 1 saturated heterocycles. The molecule has 0 bridgehead atoms. The van der Waals surface area contributed by atoms with Crippen LogP contribution < -0.4 is 5.56 Å². The van der Waals surface area contributed by atoms with E-state index in [1.807, 2.05) is 13.0 Å². The Bertz CT molecular complexity index is 733. The number of aryl methyl sites for hydroxylation is 1. The van der Waals surface area contributed by atoms with Gasteiger partial charge in [0.1, 0.15) is 0 Å². The van der Waals surface area contributed by atoms with E-state index in [1.165, 1.54) is 4.68 Å². The highest BCUT2D eigenvalue weighted by atomic mass is 16.5. The Kier molecular flexibility index (Phi) is 3.70. The van der Waals surface area contributed by atoms with Crippen molar-refractivity contribution in [1.29, 1.82) is 0 Å². The first-order valence-electron chi connectivity index (χ1n) is 7.09. The van der Waals surface area contributed by atoms with E-state index in [2.05, 4.69) is 5.10 Å². The number of amides is 1. The standard InChI is InChI=1S/C15H17N3O3/c1-2-18-14(19)12-6-4-3-5-11(12)13(16-18)15(20)17-7-9-21-10-8-17/h3-6H,2,7-10H2,1H3. The van der Waals surface area contributed by atoms with E-state index >= 15 is 0 Å². The number of fused-ring (bicyclic) bond motifs is 1. The second-order valence-corrected chi connectivity index (χ2v) is 4.92. The Labute approximate surface area is 121 Å². The number of hydrogen-bond donors (Lipinski definition) is 0. The van der Waals surface area contributed by atoms with Crippen LogP contribution in [0.2, 0.25) is 0 Å². The second-order valence-electron chi connectivity index (χ2n) is 4.92. The van der Waals surface area contributed by atoms with Crippen molar-refractivity contribution in [1.82, 2.24) is 14.7 Å². The molecule has 0 unspecified atom stereocenters. The Hall–Kier alpha value is -2.21. The molecule has 0 N–H and O–H groups in total. The summed E-state index contributed by atoms with van der Waals surface area (Å²) in [6, 6.07) is 7.13. The molecule has 1 aromatic carbocycles. The molecule has 0 aliphatic carbocycles. The Morgan fingerprint density at radius 2 is 1.90 bits per heavy atom. The van der Waals surface area contributed by atoms with Crippen LogP contribution in [-0.2, 0) is 11.3 Å². The quantitative estimate of drug-likeness (QED) is 0.823. The van der Waals surface area contributed by atoms with Crippen molar-refractivity contribution >= 4 is 16.7 Å². The summed E-state index contributed by atoms with van der Waals surface area (Å²) in [6.07, 6.45) is 0. The van der Waals surface area contributed by atoms with Gasteiger partial charge in [-0.1, -0.05) is 18.2 Å². The minimum Gasteiger partial charge on any atom is -0.378 e. The van der Waals surface area contributed by atoms with Gasteiger partial charge in [0.25, 0.3) is 11.5 Å². The molecule has 2 aromatic rings. The normalized spacial score (nSPS) is 15.4. The zero-order valence-corrected chi connectivity index (χ0v) is 11.9. The molecule has 21 heavy (non-hydrogen) atoms. The van der Waals surface area contributed by atoms with Crippen LogP contribution in [-0.4, -0.2) is 46.9 Å². The van der Waals surface area contributed by atoms with E-state index in [0.29, 0.717) is 49.3 Å². The molecule has 6 heteroatoms.